The van der Waals surface area contributed by atoms with Gasteiger partial charge < -0.3 is 15.2 Å². The SMILES string of the molecule is CB(C)CC[C@H]1C(=O)N[C@@]2([C@@H](O)[C@@H]3C=CCCC3)C(=O)O[C@@]12C. The quantitative estimate of drug-likeness (QED) is 0.459. The number of carbonyl (C=O) groups excluding carboxylic acids is 2. The molecular weight excluding hydrogens is 293 g/mol. The fourth-order valence-electron chi connectivity index (χ4n) is 4.38. The number of hydrogen-bond donors (Lipinski definition) is 2. The summed E-state index contributed by atoms with van der Waals surface area (Å²) in [4.78, 5) is 24.8. The van der Waals surface area contributed by atoms with Crippen molar-refractivity contribution in [3.05, 3.63) is 12.2 Å². The minimum absolute atomic E-state index is 0.111. The Morgan fingerprint density at radius 1 is 1.48 bits per heavy atom. The molecule has 0 saturated carbocycles. The molecule has 3 rings (SSSR count). The number of esters is 1. The maximum Gasteiger partial charge on any atom is 0.339 e. The largest absolute Gasteiger partial charge is 0.453 e. The summed E-state index contributed by atoms with van der Waals surface area (Å²) in [7, 11) is 0. The molecule has 5 atom stereocenters. The van der Waals surface area contributed by atoms with Gasteiger partial charge in [0, 0.05) is 5.92 Å². The standard InChI is InChI=1S/C17H26BNO4/c1-16-12(9-10-18(2)3)14(21)19-17(16,15(22)23-16)13(20)11-7-5-4-6-8-11/h5,7,11-13,20H,4,6,8-10H2,1-3H3,(H,19,21)/t11-,12+,13+,16+,17+/m1/s1. The van der Waals surface area contributed by atoms with E-state index in [9.17, 15) is 14.7 Å². The molecule has 23 heavy (non-hydrogen) atoms. The molecule has 0 bridgehead atoms. The van der Waals surface area contributed by atoms with Gasteiger partial charge in [0.15, 0.2) is 5.60 Å². The van der Waals surface area contributed by atoms with Gasteiger partial charge in [-0.2, -0.15) is 0 Å². The Morgan fingerprint density at radius 3 is 2.78 bits per heavy atom. The zero-order valence-electron chi connectivity index (χ0n) is 14.2. The number of ether oxygens (including phenoxy) is 1. The normalized spacial score (nSPS) is 40.0. The van der Waals surface area contributed by atoms with Crippen LogP contribution in [0.1, 0.15) is 32.6 Å². The molecule has 2 heterocycles. The van der Waals surface area contributed by atoms with E-state index in [1.54, 1.807) is 6.92 Å². The van der Waals surface area contributed by atoms with Crippen molar-refractivity contribution in [1.29, 1.82) is 0 Å². The van der Waals surface area contributed by atoms with Crippen molar-refractivity contribution in [1.82, 2.24) is 5.32 Å². The van der Waals surface area contributed by atoms with E-state index in [1.807, 2.05) is 12.2 Å². The molecule has 2 aliphatic heterocycles. The van der Waals surface area contributed by atoms with E-state index in [2.05, 4.69) is 19.0 Å². The predicted octanol–water partition coefficient (Wildman–Crippen LogP) is 1.65. The summed E-state index contributed by atoms with van der Waals surface area (Å²) in [5.74, 6) is -1.16. The maximum absolute atomic E-state index is 12.5. The lowest BCUT2D eigenvalue weighted by atomic mass is 9.50. The highest BCUT2D eigenvalue weighted by molar-refractivity contribution is 6.55. The van der Waals surface area contributed by atoms with Crippen LogP contribution in [0, 0.1) is 11.8 Å². The van der Waals surface area contributed by atoms with Crippen molar-refractivity contribution in [2.24, 2.45) is 11.8 Å². The monoisotopic (exact) mass is 319 g/mol. The third kappa shape index (κ3) is 2.25. The lowest BCUT2D eigenvalue weighted by Gasteiger charge is -2.54. The summed E-state index contributed by atoms with van der Waals surface area (Å²) in [6.45, 7) is 6.49. The summed E-state index contributed by atoms with van der Waals surface area (Å²) < 4.78 is 5.47. The van der Waals surface area contributed by atoms with Crippen molar-refractivity contribution >= 4 is 18.6 Å². The van der Waals surface area contributed by atoms with Gasteiger partial charge in [-0.1, -0.05) is 32.1 Å². The van der Waals surface area contributed by atoms with Crippen molar-refractivity contribution in [2.75, 3.05) is 0 Å². The minimum Gasteiger partial charge on any atom is -0.453 e. The molecule has 6 heteroatoms. The number of aliphatic hydroxyl groups excluding tert-OH is 1. The molecule has 1 amide bonds. The van der Waals surface area contributed by atoms with Crippen LogP contribution in [-0.4, -0.2) is 40.9 Å². The third-order valence-corrected chi connectivity index (χ3v) is 5.88. The van der Waals surface area contributed by atoms with Gasteiger partial charge in [0.25, 0.3) is 0 Å². The smallest absolute Gasteiger partial charge is 0.339 e. The maximum atomic E-state index is 12.5. The first-order chi connectivity index (χ1) is 10.8. The Bertz CT molecular complexity index is 549. The predicted molar refractivity (Wildman–Crippen MR) is 88.3 cm³/mol. The van der Waals surface area contributed by atoms with Crippen molar-refractivity contribution in [2.45, 2.75) is 69.8 Å². The fraction of sp³-hybridized carbons (Fsp3) is 0.765. The average molecular weight is 319 g/mol. The van der Waals surface area contributed by atoms with Crippen molar-refractivity contribution < 1.29 is 19.4 Å². The molecule has 2 saturated heterocycles. The highest BCUT2D eigenvalue weighted by Crippen LogP contribution is 2.53. The van der Waals surface area contributed by atoms with Crippen LogP contribution in [0.2, 0.25) is 20.0 Å². The summed E-state index contributed by atoms with van der Waals surface area (Å²) >= 11 is 0. The molecule has 0 aromatic rings. The lowest BCUT2D eigenvalue weighted by molar-refractivity contribution is -0.238. The third-order valence-electron chi connectivity index (χ3n) is 5.88. The second kappa shape index (κ2) is 5.65. The molecule has 0 aromatic carbocycles. The van der Waals surface area contributed by atoms with Crippen LogP contribution < -0.4 is 5.32 Å². The molecule has 0 spiro atoms. The number of aliphatic hydroxyl groups is 1. The molecule has 5 nitrogen and oxygen atoms in total. The fourth-order valence-corrected chi connectivity index (χ4v) is 4.38. The summed E-state index contributed by atoms with van der Waals surface area (Å²) in [6.07, 6.45) is 7.47. The summed E-state index contributed by atoms with van der Waals surface area (Å²) in [6, 6.07) is 0. The van der Waals surface area contributed by atoms with Gasteiger partial charge in [0.05, 0.1) is 12.0 Å². The molecule has 126 valence electrons. The summed E-state index contributed by atoms with van der Waals surface area (Å²) in [5.41, 5.74) is -2.22. The van der Waals surface area contributed by atoms with Crippen LogP contribution in [0.15, 0.2) is 12.2 Å². The molecule has 0 aromatic heterocycles. The van der Waals surface area contributed by atoms with Crippen LogP contribution in [0.25, 0.3) is 0 Å². The van der Waals surface area contributed by atoms with E-state index in [0.717, 1.165) is 25.6 Å². The van der Waals surface area contributed by atoms with Crippen LogP contribution in [0.4, 0.5) is 0 Å². The number of carbonyl (C=O) groups is 2. The number of fused-ring (bicyclic) bond motifs is 1. The van der Waals surface area contributed by atoms with E-state index in [-0.39, 0.29) is 17.7 Å². The highest BCUT2D eigenvalue weighted by Gasteiger charge is 2.79. The van der Waals surface area contributed by atoms with E-state index >= 15 is 0 Å². The average Bonchev–Trinajstić information content (AvgIpc) is 2.69. The van der Waals surface area contributed by atoms with Crippen LogP contribution in [-0.2, 0) is 14.3 Å². The van der Waals surface area contributed by atoms with Gasteiger partial charge in [-0.05, 0) is 32.6 Å². The zero-order valence-corrected chi connectivity index (χ0v) is 14.2. The first-order valence-electron chi connectivity index (χ1n) is 8.73. The molecule has 0 radical (unpaired) electrons. The van der Waals surface area contributed by atoms with Crippen LogP contribution in [0.5, 0.6) is 0 Å². The van der Waals surface area contributed by atoms with E-state index in [1.165, 1.54) is 0 Å². The van der Waals surface area contributed by atoms with E-state index in [0.29, 0.717) is 13.1 Å². The Kier molecular flexibility index (Phi) is 4.07. The Morgan fingerprint density at radius 2 is 2.22 bits per heavy atom. The van der Waals surface area contributed by atoms with Crippen molar-refractivity contribution in [3.8, 4) is 0 Å². The van der Waals surface area contributed by atoms with Gasteiger partial charge in [-0.25, -0.2) is 4.79 Å². The molecule has 2 fully saturated rings. The molecule has 1 aliphatic carbocycles. The Labute approximate surface area is 137 Å². The van der Waals surface area contributed by atoms with Gasteiger partial charge >= 0.3 is 5.97 Å². The highest BCUT2D eigenvalue weighted by atomic mass is 16.6. The number of hydrogen-bond acceptors (Lipinski definition) is 4. The Hall–Kier alpha value is -1.30. The van der Waals surface area contributed by atoms with Gasteiger partial charge in [0.1, 0.15) is 6.71 Å². The molecule has 2 N–H and O–H groups in total. The molecular formula is C17H26BNO4. The van der Waals surface area contributed by atoms with E-state index < -0.39 is 23.2 Å². The minimum atomic E-state index is -1.28. The first kappa shape index (κ1) is 16.6. The number of amides is 1. The second-order valence-electron chi connectivity index (χ2n) is 7.79. The molecule has 3 aliphatic rings. The van der Waals surface area contributed by atoms with Crippen molar-refractivity contribution in [3.63, 3.8) is 0 Å². The number of allylic oxidation sites excluding steroid dienone is 1. The van der Waals surface area contributed by atoms with Gasteiger partial charge in [-0.3, -0.25) is 4.79 Å². The second-order valence-corrected chi connectivity index (χ2v) is 7.79. The summed E-state index contributed by atoms with van der Waals surface area (Å²) in [5, 5.41) is 13.8. The Balaban J connectivity index is 1.87. The topological polar surface area (TPSA) is 75.6 Å². The van der Waals surface area contributed by atoms with Gasteiger partial charge in [0.2, 0.25) is 11.4 Å². The first-order valence-corrected chi connectivity index (χ1v) is 8.73. The van der Waals surface area contributed by atoms with Gasteiger partial charge in [-0.15, -0.1) is 0 Å². The number of rotatable bonds is 5. The van der Waals surface area contributed by atoms with E-state index in [4.69, 9.17) is 4.74 Å². The lowest BCUT2D eigenvalue weighted by Crippen LogP contribution is -2.80. The zero-order chi connectivity index (χ0) is 16.8. The molecule has 0 unspecified atom stereocenters. The number of nitrogens with one attached hydrogen (secondary N) is 1. The van der Waals surface area contributed by atoms with Crippen LogP contribution >= 0.6 is 0 Å². The van der Waals surface area contributed by atoms with Crippen LogP contribution in [0.3, 0.4) is 0 Å².